The van der Waals surface area contributed by atoms with Gasteiger partial charge in [-0.1, -0.05) is 18.2 Å². The highest BCUT2D eigenvalue weighted by atomic mass is 14.6. The van der Waals surface area contributed by atoms with Gasteiger partial charge < -0.3 is 5.73 Å². The third kappa shape index (κ3) is 1.96. The molecule has 2 atom stereocenters. The molecule has 13 heavy (non-hydrogen) atoms. The van der Waals surface area contributed by atoms with Crippen LogP contribution in [0.3, 0.4) is 0 Å². The van der Waals surface area contributed by atoms with Crippen molar-refractivity contribution in [2.24, 2.45) is 17.6 Å². The molecule has 0 heterocycles. The Hall–Kier alpha value is -0.720. The average molecular weight is 177 g/mol. The van der Waals surface area contributed by atoms with E-state index in [4.69, 9.17) is 5.73 Å². The summed E-state index contributed by atoms with van der Waals surface area (Å²) in [5.74, 6) is 1.40. The molecule has 0 aromatic carbocycles. The van der Waals surface area contributed by atoms with Crippen molar-refractivity contribution in [3.8, 4) is 0 Å². The van der Waals surface area contributed by atoms with Crippen LogP contribution in [-0.2, 0) is 0 Å². The first kappa shape index (κ1) is 8.86. The molecule has 0 aromatic heterocycles. The van der Waals surface area contributed by atoms with E-state index in [0.717, 1.165) is 11.6 Å². The summed E-state index contributed by atoms with van der Waals surface area (Å²) in [4.78, 5) is 0. The molecule has 2 aliphatic carbocycles. The summed E-state index contributed by atoms with van der Waals surface area (Å²) < 4.78 is 0. The Kier molecular flexibility index (Phi) is 2.72. The SMILES string of the molecule is NC1=CCCCC1C1C=CCCC1. The molecular formula is C12H19N. The van der Waals surface area contributed by atoms with E-state index in [0.29, 0.717) is 5.92 Å². The van der Waals surface area contributed by atoms with Gasteiger partial charge in [-0.05, 0) is 44.4 Å². The zero-order chi connectivity index (χ0) is 9.10. The molecule has 1 heteroatoms. The molecule has 0 spiro atoms. The monoisotopic (exact) mass is 177 g/mol. The van der Waals surface area contributed by atoms with Crippen LogP contribution in [0, 0.1) is 11.8 Å². The minimum Gasteiger partial charge on any atom is -0.402 e. The van der Waals surface area contributed by atoms with Gasteiger partial charge in [0.25, 0.3) is 0 Å². The zero-order valence-electron chi connectivity index (χ0n) is 8.21. The molecule has 2 rings (SSSR count). The Morgan fingerprint density at radius 3 is 2.69 bits per heavy atom. The Labute approximate surface area is 80.7 Å². The van der Waals surface area contributed by atoms with E-state index in [-0.39, 0.29) is 0 Å². The number of nitrogens with two attached hydrogens (primary N) is 1. The topological polar surface area (TPSA) is 26.0 Å². The van der Waals surface area contributed by atoms with Crippen LogP contribution in [-0.4, -0.2) is 0 Å². The summed E-state index contributed by atoms with van der Waals surface area (Å²) in [7, 11) is 0. The summed E-state index contributed by atoms with van der Waals surface area (Å²) in [5.41, 5.74) is 7.19. The van der Waals surface area contributed by atoms with E-state index >= 15 is 0 Å². The molecule has 2 aliphatic rings. The van der Waals surface area contributed by atoms with Gasteiger partial charge >= 0.3 is 0 Å². The first-order chi connectivity index (χ1) is 6.38. The Morgan fingerprint density at radius 2 is 2.00 bits per heavy atom. The number of hydrogen-bond donors (Lipinski definition) is 1. The molecule has 1 nitrogen and oxygen atoms in total. The lowest BCUT2D eigenvalue weighted by molar-refractivity contribution is 0.360. The first-order valence-electron chi connectivity index (χ1n) is 5.50. The molecule has 2 unspecified atom stereocenters. The standard InChI is InChI=1S/C12H19N/c13-12-9-5-4-8-11(12)10-6-2-1-3-7-10/h2,6,9-11H,1,3-5,7-8,13H2. The molecule has 0 bridgehead atoms. The summed E-state index contributed by atoms with van der Waals surface area (Å²) in [5, 5.41) is 0. The van der Waals surface area contributed by atoms with Gasteiger partial charge in [0.05, 0.1) is 0 Å². The van der Waals surface area contributed by atoms with Gasteiger partial charge in [0.2, 0.25) is 0 Å². The normalized spacial score (nSPS) is 34.3. The van der Waals surface area contributed by atoms with Gasteiger partial charge in [-0.15, -0.1) is 0 Å². The molecule has 0 fully saturated rings. The molecule has 0 saturated heterocycles. The minimum absolute atomic E-state index is 0.658. The number of hydrogen-bond acceptors (Lipinski definition) is 1. The fourth-order valence-corrected chi connectivity index (χ4v) is 2.56. The number of rotatable bonds is 1. The van der Waals surface area contributed by atoms with Crippen molar-refractivity contribution in [2.45, 2.75) is 38.5 Å². The molecular weight excluding hydrogens is 158 g/mol. The zero-order valence-corrected chi connectivity index (χ0v) is 8.21. The molecule has 0 radical (unpaired) electrons. The van der Waals surface area contributed by atoms with Crippen LogP contribution in [0.25, 0.3) is 0 Å². The third-order valence-corrected chi connectivity index (χ3v) is 3.34. The van der Waals surface area contributed by atoms with E-state index in [1.807, 2.05) is 0 Å². The summed E-state index contributed by atoms with van der Waals surface area (Å²) >= 11 is 0. The van der Waals surface area contributed by atoms with Gasteiger partial charge in [0.1, 0.15) is 0 Å². The lowest BCUT2D eigenvalue weighted by Gasteiger charge is -2.29. The van der Waals surface area contributed by atoms with Gasteiger partial charge in [-0.2, -0.15) is 0 Å². The van der Waals surface area contributed by atoms with Crippen LogP contribution in [0.15, 0.2) is 23.9 Å². The molecule has 72 valence electrons. The van der Waals surface area contributed by atoms with Crippen LogP contribution in [0.2, 0.25) is 0 Å². The van der Waals surface area contributed by atoms with Gasteiger partial charge in [0, 0.05) is 11.6 Å². The van der Waals surface area contributed by atoms with Gasteiger partial charge in [-0.25, -0.2) is 0 Å². The second kappa shape index (κ2) is 3.99. The lowest BCUT2D eigenvalue weighted by atomic mass is 9.78. The molecule has 0 amide bonds. The molecule has 2 N–H and O–H groups in total. The third-order valence-electron chi connectivity index (χ3n) is 3.34. The van der Waals surface area contributed by atoms with E-state index in [2.05, 4.69) is 18.2 Å². The van der Waals surface area contributed by atoms with E-state index < -0.39 is 0 Å². The maximum absolute atomic E-state index is 6.04. The second-order valence-electron chi connectivity index (χ2n) is 4.26. The lowest BCUT2D eigenvalue weighted by Crippen LogP contribution is -2.23. The number of allylic oxidation sites excluding steroid dienone is 4. The quantitative estimate of drug-likeness (QED) is 0.612. The predicted octanol–water partition coefficient (Wildman–Crippen LogP) is 2.99. The Balaban J connectivity index is 2.05. The summed E-state index contributed by atoms with van der Waals surface area (Å²) in [6.07, 6.45) is 14.7. The van der Waals surface area contributed by atoms with Crippen LogP contribution in [0.1, 0.15) is 38.5 Å². The van der Waals surface area contributed by atoms with Crippen LogP contribution in [0.5, 0.6) is 0 Å². The van der Waals surface area contributed by atoms with Crippen molar-refractivity contribution < 1.29 is 0 Å². The van der Waals surface area contributed by atoms with Crippen molar-refractivity contribution >= 4 is 0 Å². The van der Waals surface area contributed by atoms with Gasteiger partial charge in [0.15, 0.2) is 0 Å². The average Bonchev–Trinajstić information content (AvgIpc) is 2.20. The maximum atomic E-state index is 6.04. The van der Waals surface area contributed by atoms with E-state index in [1.165, 1.54) is 38.5 Å². The predicted molar refractivity (Wildman–Crippen MR) is 56.1 cm³/mol. The largest absolute Gasteiger partial charge is 0.402 e. The van der Waals surface area contributed by atoms with Crippen molar-refractivity contribution in [1.82, 2.24) is 0 Å². The van der Waals surface area contributed by atoms with Crippen LogP contribution >= 0.6 is 0 Å². The van der Waals surface area contributed by atoms with Crippen LogP contribution in [0.4, 0.5) is 0 Å². The maximum Gasteiger partial charge on any atom is 0.00774 e. The smallest absolute Gasteiger partial charge is 0.00774 e. The fraction of sp³-hybridized carbons (Fsp3) is 0.667. The van der Waals surface area contributed by atoms with Crippen molar-refractivity contribution in [2.75, 3.05) is 0 Å². The molecule has 0 saturated carbocycles. The van der Waals surface area contributed by atoms with Crippen molar-refractivity contribution in [3.63, 3.8) is 0 Å². The first-order valence-corrected chi connectivity index (χ1v) is 5.50. The minimum atomic E-state index is 0.658. The Bertz CT molecular complexity index is 227. The summed E-state index contributed by atoms with van der Waals surface area (Å²) in [6.45, 7) is 0. The van der Waals surface area contributed by atoms with Crippen molar-refractivity contribution in [3.05, 3.63) is 23.9 Å². The highest BCUT2D eigenvalue weighted by Crippen LogP contribution is 2.34. The van der Waals surface area contributed by atoms with Crippen LogP contribution < -0.4 is 5.73 Å². The highest BCUT2D eigenvalue weighted by molar-refractivity contribution is 5.11. The molecule has 0 aliphatic heterocycles. The second-order valence-corrected chi connectivity index (χ2v) is 4.26. The Morgan fingerprint density at radius 1 is 1.15 bits per heavy atom. The van der Waals surface area contributed by atoms with Crippen molar-refractivity contribution in [1.29, 1.82) is 0 Å². The summed E-state index contributed by atoms with van der Waals surface area (Å²) in [6, 6.07) is 0. The highest BCUT2D eigenvalue weighted by Gasteiger charge is 2.23. The van der Waals surface area contributed by atoms with Gasteiger partial charge in [-0.3, -0.25) is 0 Å². The fourth-order valence-electron chi connectivity index (χ4n) is 2.56. The molecule has 0 aromatic rings. The van der Waals surface area contributed by atoms with E-state index in [1.54, 1.807) is 0 Å². The van der Waals surface area contributed by atoms with E-state index in [9.17, 15) is 0 Å².